The van der Waals surface area contributed by atoms with Crippen LogP contribution in [-0.4, -0.2) is 41.5 Å². The molecule has 0 saturated carbocycles. The fourth-order valence-electron chi connectivity index (χ4n) is 2.23. The van der Waals surface area contributed by atoms with E-state index in [0.29, 0.717) is 32.5 Å². The topological polar surface area (TPSA) is 69.6 Å². The van der Waals surface area contributed by atoms with Crippen molar-refractivity contribution in [3.63, 3.8) is 0 Å². The molecule has 0 bridgehead atoms. The number of nitrogens with one attached hydrogen (secondary N) is 1. The Hall–Kier alpha value is -1.11. The third-order valence-electron chi connectivity index (χ3n) is 3.40. The van der Waals surface area contributed by atoms with E-state index in [1.807, 2.05) is 12.1 Å². The first kappa shape index (κ1) is 15.3. The van der Waals surface area contributed by atoms with E-state index in [9.17, 15) is 9.59 Å². The highest BCUT2D eigenvalue weighted by Crippen LogP contribution is 2.21. The van der Waals surface area contributed by atoms with Gasteiger partial charge in [0.15, 0.2) is 0 Å². The van der Waals surface area contributed by atoms with Crippen LogP contribution in [0.4, 0.5) is 0 Å². The van der Waals surface area contributed by atoms with Crippen LogP contribution >= 0.6 is 22.9 Å². The molecule has 0 spiro atoms. The molecule has 5 nitrogen and oxygen atoms in total. The smallest absolute Gasteiger partial charge is 0.306 e. The molecule has 20 heavy (non-hydrogen) atoms. The highest BCUT2D eigenvalue weighted by molar-refractivity contribution is 7.16. The number of hydrogen-bond donors (Lipinski definition) is 2. The number of carbonyl (C=O) groups is 2. The molecule has 2 heterocycles. The fourth-order valence-corrected chi connectivity index (χ4v) is 3.28. The lowest BCUT2D eigenvalue weighted by atomic mass is 9.97. The largest absolute Gasteiger partial charge is 0.481 e. The standard InChI is InChI=1S/C13H17ClN2O3S/c14-11-2-1-10(20-11)7-15-8-12(17)16-5-3-9(4-6-16)13(18)19/h1-2,9,15H,3-8H2,(H,18,19). The number of thiophene rings is 1. The first-order valence-electron chi connectivity index (χ1n) is 6.52. The number of aliphatic carboxylic acids is 1. The van der Waals surface area contributed by atoms with E-state index in [-0.39, 0.29) is 18.4 Å². The highest BCUT2D eigenvalue weighted by atomic mass is 35.5. The minimum atomic E-state index is -0.759. The maximum atomic E-state index is 12.0. The Morgan fingerprint density at radius 2 is 2.10 bits per heavy atom. The molecule has 0 atom stereocenters. The second kappa shape index (κ2) is 7.06. The van der Waals surface area contributed by atoms with Gasteiger partial charge in [0.2, 0.25) is 5.91 Å². The molecule has 0 radical (unpaired) electrons. The molecule has 2 N–H and O–H groups in total. The van der Waals surface area contributed by atoms with Gasteiger partial charge in [-0.25, -0.2) is 0 Å². The van der Waals surface area contributed by atoms with Crippen molar-refractivity contribution in [2.45, 2.75) is 19.4 Å². The van der Waals surface area contributed by atoms with Crippen molar-refractivity contribution in [1.29, 1.82) is 0 Å². The van der Waals surface area contributed by atoms with Crippen molar-refractivity contribution in [2.75, 3.05) is 19.6 Å². The summed E-state index contributed by atoms with van der Waals surface area (Å²) in [5.41, 5.74) is 0. The number of rotatable bonds is 5. The summed E-state index contributed by atoms with van der Waals surface area (Å²) >= 11 is 7.32. The third kappa shape index (κ3) is 4.19. The molecule has 0 aliphatic carbocycles. The highest BCUT2D eigenvalue weighted by Gasteiger charge is 2.26. The van der Waals surface area contributed by atoms with Crippen LogP contribution in [0.5, 0.6) is 0 Å². The second-order valence-electron chi connectivity index (χ2n) is 4.80. The first-order valence-corrected chi connectivity index (χ1v) is 7.71. The summed E-state index contributed by atoms with van der Waals surface area (Å²) in [5.74, 6) is -1.04. The molecule has 1 fully saturated rings. The van der Waals surface area contributed by atoms with Crippen molar-refractivity contribution in [1.82, 2.24) is 10.2 Å². The number of likely N-dealkylation sites (tertiary alicyclic amines) is 1. The van der Waals surface area contributed by atoms with E-state index >= 15 is 0 Å². The lowest BCUT2D eigenvalue weighted by molar-refractivity contribution is -0.145. The molecule has 1 aromatic rings. The van der Waals surface area contributed by atoms with Gasteiger partial charge in [-0.2, -0.15) is 0 Å². The number of carbonyl (C=O) groups excluding carboxylic acids is 1. The zero-order valence-electron chi connectivity index (χ0n) is 11.0. The Bertz CT molecular complexity index is 484. The van der Waals surface area contributed by atoms with Crippen LogP contribution in [0.25, 0.3) is 0 Å². The molecule has 0 unspecified atom stereocenters. The van der Waals surface area contributed by atoms with Gasteiger partial charge < -0.3 is 15.3 Å². The minimum Gasteiger partial charge on any atom is -0.481 e. The Morgan fingerprint density at radius 3 is 2.65 bits per heavy atom. The summed E-state index contributed by atoms with van der Waals surface area (Å²) in [7, 11) is 0. The fraction of sp³-hybridized carbons (Fsp3) is 0.538. The summed E-state index contributed by atoms with van der Waals surface area (Å²) in [5, 5.41) is 12.0. The van der Waals surface area contributed by atoms with Crippen molar-refractivity contribution >= 4 is 34.8 Å². The molecule has 1 aromatic heterocycles. The zero-order chi connectivity index (χ0) is 14.5. The number of carboxylic acid groups (broad SMARTS) is 1. The number of halogens is 1. The molecule has 1 aliphatic heterocycles. The second-order valence-corrected chi connectivity index (χ2v) is 6.60. The summed E-state index contributed by atoms with van der Waals surface area (Å²) in [6.45, 7) is 1.95. The van der Waals surface area contributed by atoms with Crippen LogP contribution in [0, 0.1) is 5.92 Å². The Morgan fingerprint density at radius 1 is 1.40 bits per heavy atom. The Balaban J connectivity index is 1.69. The van der Waals surface area contributed by atoms with E-state index in [1.54, 1.807) is 4.90 Å². The van der Waals surface area contributed by atoms with E-state index in [0.717, 1.165) is 9.21 Å². The Labute approximate surface area is 126 Å². The van der Waals surface area contributed by atoms with Gasteiger partial charge >= 0.3 is 5.97 Å². The number of amides is 1. The van der Waals surface area contributed by atoms with Gasteiger partial charge in [0.05, 0.1) is 16.8 Å². The van der Waals surface area contributed by atoms with E-state index in [1.165, 1.54) is 11.3 Å². The van der Waals surface area contributed by atoms with Crippen LogP contribution in [0.15, 0.2) is 12.1 Å². The van der Waals surface area contributed by atoms with Gasteiger partial charge in [0.1, 0.15) is 0 Å². The van der Waals surface area contributed by atoms with Crippen molar-refractivity contribution < 1.29 is 14.7 Å². The van der Waals surface area contributed by atoms with Crippen LogP contribution in [0.3, 0.4) is 0 Å². The predicted molar refractivity (Wildman–Crippen MR) is 78.0 cm³/mol. The van der Waals surface area contributed by atoms with Crippen molar-refractivity contribution in [3.05, 3.63) is 21.3 Å². The number of carboxylic acids is 1. The number of piperidine rings is 1. The van der Waals surface area contributed by atoms with Gasteiger partial charge in [-0.3, -0.25) is 9.59 Å². The summed E-state index contributed by atoms with van der Waals surface area (Å²) in [6.07, 6.45) is 1.09. The van der Waals surface area contributed by atoms with Gasteiger partial charge in [0, 0.05) is 24.5 Å². The predicted octanol–water partition coefficient (Wildman–Crippen LogP) is 1.81. The van der Waals surface area contributed by atoms with Crippen LogP contribution in [0.1, 0.15) is 17.7 Å². The molecular formula is C13H17ClN2O3S. The zero-order valence-corrected chi connectivity index (χ0v) is 12.5. The van der Waals surface area contributed by atoms with Crippen LogP contribution < -0.4 is 5.32 Å². The molecule has 1 amide bonds. The average Bonchev–Trinajstić information content (AvgIpc) is 2.84. The monoisotopic (exact) mass is 316 g/mol. The summed E-state index contributed by atoms with van der Waals surface area (Å²) in [6, 6.07) is 3.77. The van der Waals surface area contributed by atoms with Crippen LogP contribution in [-0.2, 0) is 16.1 Å². The normalized spacial score (nSPS) is 16.4. The average molecular weight is 317 g/mol. The molecule has 0 aromatic carbocycles. The maximum Gasteiger partial charge on any atom is 0.306 e. The van der Waals surface area contributed by atoms with Crippen LogP contribution in [0.2, 0.25) is 4.34 Å². The van der Waals surface area contributed by atoms with Gasteiger partial charge in [0.25, 0.3) is 0 Å². The number of hydrogen-bond acceptors (Lipinski definition) is 4. The van der Waals surface area contributed by atoms with E-state index in [4.69, 9.17) is 16.7 Å². The molecule has 2 rings (SSSR count). The number of nitrogens with zero attached hydrogens (tertiary/aromatic N) is 1. The summed E-state index contributed by atoms with van der Waals surface area (Å²) < 4.78 is 0.740. The van der Waals surface area contributed by atoms with Gasteiger partial charge in [-0.15, -0.1) is 11.3 Å². The minimum absolute atomic E-state index is 0.0245. The molecule has 1 aliphatic rings. The SMILES string of the molecule is O=C(O)C1CCN(C(=O)CNCc2ccc(Cl)s2)CC1. The molecule has 7 heteroatoms. The van der Waals surface area contributed by atoms with Gasteiger partial charge in [-0.05, 0) is 25.0 Å². The van der Waals surface area contributed by atoms with Gasteiger partial charge in [-0.1, -0.05) is 11.6 Å². The first-order chi connectivity index (χ1) is 9.56. The third-order valence-corrected chi connectivity index (χ3v) is 4.63. The van der Waals surface area contributed by atoms with E-state index < -0.39 is 5.97 Å². The van der Waals surface area contributed by atoms with E-state index in [2.05, 4.69) is 5.32 Å². The maximum absolute atomic E-state index is 12.0. The molecular weight excluding hydrogens is 300 g/mol. The quantitative estimate of drug-likeness (QED) is 0.869. The molecule has 110 valence electrons. The molecule has 1 saturated heterocycles. The van der Waals surface area contributed by atoms with Crippen molar-refractivity contribution in [2.24, 2.45) is 5.92 Å². The lowest BCUT2D eigenvalue weighted by Gasteiger charge is -2.30. The summed E-state index contributed by atoms with van der Waals surface area (Å²) in [4.78, 5) is 25.6. The van der Waals surface area contributed by atoms with Crippen molar-refractivity contribution in [3.8, 4) is 0 Å². The Kier molecular flexibility index (Phi) is 5.39. The lowest BCUT2D eigenvalue weighted by Crippen LogP contribution is -2.43.